The van der Waals surface area contributed by atoms with Crippen molar-refractivity contribution in [2.75, 3.05) is 21.3 Å². The molecule has 0 aromatic heterocycles. The Morgan fingerprint density at radius 1 is 0.952 bits per heavy atom. The van der Waals surface area contributed by atoms with Crippen LogP contribution in [0, 0.1) is 0 Å². The summed E-state index contributed by atoms with van der Waals surface area (Å²) < 4.78 is 22.1. The van der Waals surface area contributed by atoms with Gasteiger partial charge in [-0.1, -0.05) is 23.9 Å². The number of hydrogen-bond acceptors (Lipinski definition) is 5. The van der Waals surface area contributed by atoms with Crippen LogP contribution in [0.25, 0.3) is 0 Å². The van der Waals surface area contributed by atoms with E-state index in [1.165, 1.54) is 0 Å². The second kappa shape index (κ2) is 5.77. The minimum atomic E-state index is -0.115. The van der Waals surface area contributed by atoms with Crippen molar-refractivity contribution in [3.63, 3.8) is 0 Å². The van der Waals surface area contributed by atoms with Gasteiger partial charge in [-0.3, -0.25) is 0 Å². The molecule has 0 N–H and O–H groups in total. The number of fused-ring (bicyclic) bond motifs is 1. The van der Waals surface area contributed by atoms with Crippen molar-refractivity contribution >= 4 is 11.8 Å². The lowest BCUT2D eigenvalue weighted by Gasteiger charge is -2.16. The van der Waals surface area contributed by atoms with E-state index in [1.807, 2.05) is 30.3 Å². The molecule has 1 aliphatic rings. The highest BCUT2D eigenvalue weighted by atomic mass is 32.2. The molecule has 1 aliphatic heterocycles. The number of hydrogen-bond donors (Lipinski definition) is 0. The molecule has 0 saturated carbocycles. The molecule has 2 aromatic rings. The van der Waals surface area contributed by atoms with Crippen molar-refractivity contribution in [2.24, 2.45) is 0 Å². The van der Waals surface area contributed by atoms with Crippen LogP contribution in [0.2, 0.25) is 0 Å². The van der Waals surface area contributed by atoms with Crippen LogP contribution in [0.15, 0.2) is 41.3 Å². The van der Waals surface area contributed by atoms with Crippen molar-refractivity contribution in [1.29, 1.82) is 0 Å². The zero-order chi connectivity index (χ0) is 14.8. The minimum Gasteiger partial charge on any atom is -0.493 e. The van der Waals surface area contributed by atoms with E-state index in [-0.39, 0.29) is 5.44 Å². The number of thioether (sulfide) groups is 1. The van der Waals surface area contributed by atoms with Gasteiger partial charge in [-0.05, 0) is 24.3 Å². The predicted molar refractivity (Wildman–Crippen MR) is 81.8 cm³/mol. The minimum absolute atomic E-state index is 0.115. The summed E-state index contributed by atoms with van der Waals surface area (Å²) in [5.41, 5.74) is 0.863. The molecule has 1 unspecified atom stereocenters. The van der Waals surface area contributed by atoms with Gasteiger partial charge in [-0.15, -0.1) is 0 Å². The largest absolute Gasteiger partial charge is 0.493 e. The highest BCUT2D eigenvalue weighted by molar-refractivity contribution is 7.99. The number of para-hydroxylation sites is 1. The maximum Gasteiger partial charge on any atom is 0.203 e. The van der Waals surface area contributed by atoms with E-state index < -0.39 is 0 Å². The van der Waals surface area contributed by atoms with Crippen molar-refractivity contribution in [3.05, 3.63) is 42.0 Å². The van der Waals surface area contributed by atoms with Gasteiger partial charge in [0.1, 0.15) is 5.75 Å². The van der Waals surface area contributed by atoms with Crippen molar-refractivity contribution in [1.82, 2.24) is 0 Å². The van der Waals surface area contributed by atoms with E-state index in [0.29, 0.717) is 17.2 Å². The summed E-state index contributed by atoms with van der Waals surface area (Å²) in [5.74, 6) is 2.75. The lowest BCUT2D eigenvalue weighted by molar-refractivity contribution is 0.295. The van der Waals surface area contributed by atoms with Gasteiger partial charge >= 0.3 is 0 Å². The molecule has 1 heterocycles. The third-order valence-electron chi connectivity index (χ3n) is 3.28. The standard InChI is InChI=1S/C16H16O4S/c1-17-12-8-10(9-13(18-2)15(12)19-3)16-20-11-6-4-5-7-14(11)21-16/h4-9,16H,1-3H3. The first kappa shape index (κ1) is 13.9. The highest BCUT2D eigenvalue weighted by Crippen LogP contribution is 2.50. The third-order valence-corrected chi connectivity index (χ3v) is 4.45. The van der Waals surface area contributed by atoms with Gasteiger partial charge in [-0.25, -0.2) is 0 Å². The number of rotatable bonds is 4. The molecule has 0 aliphatic carbocycles. The maximum atomic E-state index is 5.98. The Morgan fingerprint density at radius 3 is 2.19 bits per heavy atom. The fraction of sp³-hybridized carbons (Fsp3) is 0.250. The van der Waals surface area contributed by atoms with Gasteiger partial charge in [0.15, 0.2) is 16.9 Å². The van der Waals surface area contributed by atoms with Crippen LogP contribution in [0.1, 0.15) is 11.0 Å². The van der Waals surface area contributed by atoms with Gasteiger partial charge in [0, 0.05) is 5.56 Å². The molecule has 4 nitrogen and oxygen atoms in total. The molecule has 5 heteroatoms. The van der Waals surface area contributed by atoms with Crippen LogP contribution in [0.5, 0.6) is 23.0 Å². The van der Waals surface area contributed by atoms with Crippen molar-refractivity contribution < 1.29 is 18.9 Å². The first-order chi connectivity index (χ1) is 10.3. The molecule has 0 saturated heterocycles. The summed E-state index contributed by atoms with van der Waals surface area (Å²) in [4.78, 5) is 1.14. The Morgan fingerprint density at radius 2 is 1.62 bits per heavy atom. The SMILES string of the molecule is COc1cc(C2Oc3ccccc3S2)cc(OC)c1OC. The molecule has 0 fully saturated rings. The molecule has 110 valence electrons. The highest BCUT2D eigenvalue weighted by Gasteiger charge is 2.27. The van der Waals surface area contributed by atoms with E-state index in [0.717, 1.165) is 16.2 Å². The number of methoxy groups -OCH3 is 3. The second-order valence-electron chi connectivity index (χ2n) is 4.47. The van der Waals surface area contributed by atoms with Gasteiger partial charge in [0.2, 0.25) is 5.75 Å². The average Bonchev–Trinajstić information content (AvgIpc) is 2.97. The molecular weight excluding hydrogens is 288 g/mol. The lowest BCUT2D eigenvalue weighted by atomic mass is 10.2. The summed E-state index contributed by atoms with van der Waals surface area (Å²) in [6, 6.07) is 11.8. The monoisotopic (exact) mass is 304 g/mol. The molecule has 3 rings (SSSR count). The van der Waals surface area contributed by atoms with E-state index in [4.69, 9.17) is 18.9 Å². The van der Waals surface area contributed by atoms with Crippen LogP contribution in [-0.2, 0) is 0 Å². The summed E-state index contributed by atoms with van der Waals surface area (Å²) in [6.07, 6.45) is 0. The Bertz CT molecular complexity index is 606. The number of benzene rings is 2. The lowest BCUT2D eigenvalue weighted by Crippen LogP contribution is -2.01. The van der Waals surface area contributed by atoms with Gasteiger partial charge in [0.25, 0.3) is 0 Å². The molecule has 0 spiro atoms. The molecule has 0 radical (unpaired) electrons. The first-order valence-electron chi connectivity index (χ1n) is 6.49. The zero-order valence-electron chi connectivity index (χ0n) is 12.1. The van der Waals surface area contributed by atoms with E-state index in [2.05, 4.69) is 6.07 Å². The smallest absolute Gasteiger partial charge is 0.203 e. The fourth-order valence-electron chi connectivity index (χ4n) is 2.27. The Hall–Kier alpha value is -2.01. The second-order valence-corrected chi connectivity index (χ2v) is 5.58. The van der Waals surface area contributed by atoms with Crippen LogP contribution in [0.4, 0.5) is 0 Å². The van der Waals surface area contributed by atoms with E-state index >= 15 is 0 Å². The topological polar surface area (TPSA) is 36.9 Å². The summed E-state index contributed by atoms with van der Waals surface area (Å²) in [5, 5.41) is 0. The quantitative estimate of drug-likeness (QED) is 0.856. The molecule has 0 amide bonds. The van der Waals surface area contributed by atoms with Crippen LogP contribution in [0.3, 0.4) is 0 Å². The zero-order valence-corrected chi connectivity index (χ0v) is 12.9. The van der Waals surface area contributed by atoms with Crippen LogP contribution < -0.4 is 18.9 Å². The maximum absolute atomic E-state index is 5.98. The first-order valence-corrected chi connectivity index (χ1v) is 7.37. The average molecular weight is 304 g/mol. The number of ether oxygens (including phenoxy) is 4. The predicted octanol–water partition coefficient (Wildman–Crippen LogP) is 3.90. The Balaban J connectivity index is 1.97. The van der Waals surface area contributed by atoms with E-state index in [1.54, 1.807) is 33.1 Å². The summed E-state index contributed by atoms with van der Waals surface area (Å²) >= 11 is 1.67. The Labute approximate surface area is 128 Å². The van der Waals surface area contributed by atoms with Gasteiger partial charge in [-0.2, -0.15) is 0 Å². The normalized spacial score (nSPS) is 16.0. The van der Waals surface area contributed by atoms with Crippen LogP contribution >= 0.6 is 11.8 Å². The van der Waals surface area contributed by atoms with Crippen LogP contribution in [-0.4, -0.2) is 21.3 Å². The molecule has 21 heavy (non-hydrogen) atoms. The van der Waals surface area contributed by atoms with Crippen molar-refractivity contribution in [2.45, 2.75) is 10.3 Å². The van der Waals surface area contributed by atoms with Gasteiger partial charge in [0.05, 0.1) is 26.2 Å². The van der Waals surface area contributed by atoms with E-state index in [9.17, 15) is 0 Å². The van der Waals surface area contributed by atoms with Gasteiger partial charge < -0.3 is 18.9 Å². The molecule has 1 atom stereocenters. The molecule has 2 aromatic carbocycles. The third kappa shape index (κ3) is 2.49. The fourth-order valence-corrected chi connectivity index (χ4v) is 3.32. The molecular formula is C16H16O4S. The Kier molecular flexibility index (Phi) is 3.84. The summed E-state index contributed by atoms with van der Waals surface area (Å²) in [7, 11) is 4.81. The molecule has 0 bridgehead atoms. The summed E-state index contributed by atoms with van der Waals surface area (Å²) in [6.45, 7) is 0. The van der Waals surface area contributed by atoms with Crippen molar-refractivity contribution in [3.8, 4) is 23.0 Å².